The van der Waals surface area contributed by atoms with Crippen LogP contribution in [0.4, 0.5) is 0 Å². The van der Waals surface area contributed by atoms with Crippen molar-refractivity contribution in [2.24, 2.45) is 0 Å². The molecule has 2 aliphatic rings. The summed E-state index contributed by atoms with van der Waals surface area (Å²) in [6.07, 6.45) is 3.91. The SMILES string of the molecule is CC1(C)c2ccccc2-c2ccc(-n3c4ccncc4c4cc5c6c(cccc6c43)Oc3ccccc3-5)cc21. The molecule has 0 saturated heterocycles. The molecule has 0 fully saturated rings. The van der Waals surface area contributed by atoms with Crippen LogP contribution in [0.15, 0.2) is 109 Å². The number of pyridine rings is 1. The Balaban J connectivity index is 1.42. The van der Waals surface area contributed by atoms with E-state index in [1.807, 2.05) is 18.5 Å². The van der Waals surface area contributed by atoms with Crippen LogP contribution in [0.2, 0.25) is 0 Å². The van der Waals surface area contributed by atoms with E-state index in [1.165, 1.54) is 49.8 Å². The number of rotatable bonds is 1. The van der Waals surface area contributed by atoms with Crippen LogP contribution in [0, 0.1) is 0 Å². The zero-order valence-electron chi connectivity index (χ0n) is 21.7. The molecule has 3 heterocycles. The van der Waals surface area contributed by atoms with Crippen molar-refractivity contribution in [2.45, 2.75) is 19.3 Å². The van der Waals surface area contributed by atoms with Crippen LogP contribution in [-0.2, 0) is 5.41 Å². The van der Waals surface area contributed by atoms with E-state index in [-0.39, 0.29) is 5.41 Å². The average Bonchev–Trinajstić information content (AvgIpc) is 3.42. The maximum atomic E-state index is 6.42. The first-order valence-electron chi connectivity index (χ1n) is 13.5. The molecule has 1 aliphatic heterocycles. The van der Waals surface area contributed by atoms with E-state index >= 15 is 0 Å². The van der Waals surface area contributed by atoms with Gasteiger partial charge in [0.1, 0.15) is 11.5 Å². The Labute approximate surface area is 225 Å². The smallest absolute Gasteiger partial charge is 0.135 e. The van der Waals surface area contributed by atoms with E-state index < -0.39 is 0 Å². The molecule has 0 spiro atoms. The van der Waals surface area contributed by atoms with Gasteiger partial charge in [-0.15, -0.1) is 0 Å². The molecule has 39 heavy (non-hydrogen) atoms. The number of para-hydroxylation sites is 1. The maximum absolute atomic E-state index is 6.42. The summed E-state index contributed by atoms with van der Waals surface area (Å²) in [4.78, 5) is 4.55. The van der Waals surface area contributed by atoms with Gasteiger partial charge < -0.3 is 9.30 Å². The summed E-state index contributed by atoms with van der Waals surface area (Å²) in [7, 11) is 0. The number of hydrogen-bond acceptors (Lipinski definition) is 2. The number of ether oxygens (including phenoxy) is 1. The molecular formula is C36H24N2O. The summed E-state index contributed by atoms with van der Waals surface area (Å²) >= 11 is 0. The van der Waals surface area contributed by atoms with E-state index in [0.717, 1.165) is 33.4 Å². The summed E-state index contributed by atoms with van der Waals surface area (Å²) < 4.78 is 8.85. The number of fused-ring (bicyclic) bond motifs is 9. The van der Waals surface area contributed by atoms with Gasteiger partial charge in [0.15, 0.2) is 0 Å². The van der Waals surface area contributed by atoms with Crippen molar-refractivity contribution >= 4 is 32.6 Å². The minimum Gasteiger partial charge on any atom is -0.456 e. The molecule has 0 unspecified atom stereocenters. The Morgan fingerprint density at radius 2 is 1.44 bits per heavy atom. The van der Waals surface area contributed by atoms with Crippen LogP contribution < -0.4 is 4.74 Å². The van der Waals surface area contributed by atoms with Crippen LogP contribution in [0.3, 0.4) is 0 Å². The number of hydrogen-bond donors (Lipinski definition) is 0. The molecule has 0 bridgehead atoms. The zero-order valence-corrected chi connectivity index (χ0v) is 21.7. The third-order valence-corrected chi connectivity index (χ3v) is 8.87. The third kappa shape index (κ3) is 2.60. The zero-order chi connectivity index (χ0) is 25.9. The van der Waals surface area contributed by atoms with Crippen molar-refractivity contribution < 1.29 is 4.74 Å². The van der Waals surface area contributed by atoms with Gasteiger partial charge in [0, 0.05) is 50.6 Å². The first kappa shape index (κ1) is 21.1. The van der Waals surface area contributed by atoms with Crippen LogP contribution in [0.1, 0.15) is 25.0 Å². The molecule has 3 heteroatoms. The molecule has 9 rings (SSSR count). The molecule has 0 amide bonds. The molecule has 184 valence electrons. The summed E-state index contributed by atoms with van der Waals surface area (Å²) in [6.45, 7) is 4.68. The summed E-state index contributed by atoms with van der Waals surface area (Å²) in [6, 6.07) is 35.0. The van der Waals surface area contributed by atoms with E-state index in [0.29, 0.717) is 0 Å². The van der Waals surface area contributed by atoms with Gasteiger partial charge in [-0.25, -0.2) is 0 Å². The lowest BCUT2D eigenvalue weighted by molar-refractivity contribution is 0.487. The van der Waals surface area contributed by atoms with Crippen molar-refractivity contribution in [3.63, 3.8) is 0 Å². The monoisotopic (exact) mass is 500 g/mol. The standard InChI is InChI=1S/C36H24N2O/c1-36(2)29-11-5-3-8-22(29)23-15-14-21(18-30(23)36)38-31-16-17-37-20-28(31)27-19-26-24-9-4-6-12-32(24)39-33-13-7-10-25(34(26)33)35(27)38/h3-20H,1-2H3. The molecular weight excluding hydrogens is 476 g/mol. The first-order valence-corrected chi connectivity index (χ1v) is 13.5. The Kier molecular flexibility index (Phi) is 3.86. The van der Waals surface area contributed by atoms with Crippen LogP contribution in [-0.4, -0.2) is 9.55 Å². The van der Waals surface area contributed by atoms with Gasteiger partial charge in [0.25, 0.3) is 0 Å². The third-order valence-electron chi connectivity index (χ3n) is 8.87. The number of nitrogens with zero attached hydrogens (tertiary/aromatic N) is 2. The maximum Gasteiger partial charge on any atom is 0.135 e. The van der Waals surface area contributed by atoms with Crippen molar-refractivity contribution in [3.8, 4) is 39.4 Å². The molecule has 0 radical (unpaired) electrons. The highest BCUT2D eigenvalue weighted by molar-refractivity contribution is 6.23. The average molecular weight is 501 g/mol. The van der Waals surface area contributed by atoms with Gasteiger partial charge >= 0.3 is 0 Å². The lowest BCUT2D eigenvalue weighted by Gasteiger charge is -2.23. The van der Waals surface area contributed by atoms with E-state index in [1.54, 1.807) is 0 Å². The molecule has 2 aromatic heterocycles. The summed E-state index contributed by atoms with van der Waals surface area (Å²) in [5.41, 5.74) is 11.2. The first-order chi connectivity index (χ1) is 19.1. The largest absolute Gasteiger partial charge is 0.456 e. The molecule has 0 N–H and O–H groups in total. The van der Waals surface area contributed by atoms with E-state index in [9.17, 15) is 0 Å². The second-order valence-corrected chi connectivity index (χ2v) is 11.2. The van der Waals surface area contributed by atoms with Gasteiger partial charge in [0.2, 0.25) is 0 Å². The highest BCUT2D eigenvalue weighted by Gasteiger charge is 2.35. The van der Waals surface area contributed by atoms with Crippen molar-refractivity contribution in [2.75, 3.05) is 0 Å². The van der Waals surface area contributed by atoms with Crippen molar-refractivity contribution in [1.29, 1.82) is 0 Å². The quantitative estimate of drug-likeness (QED) is 0.224. The minimum atomic E-state index is -0.0664. The van der Waals surface area contributed by atoms with Gasteiger partial charge in [-0.3, -0.25) is 4.98 Å². The van der Waals surface area contributed by atoms with Gasteiger partial charge in [-0.05, 0) is 64.2 Å². The second-order valence-electron chi connectivity index (χ2n) is 11.2. The number of benzene rings is 5. The predicted molar refractivity (Wildman–Crippen MR) is 159 cm³/mol. The second kappa shape index (κ2) is 7.15. The van der Waals surface area contributed by atoms with Crippen LogP contribution in [0.25, 0.3) is 60.5 Å². The Bertz CT molecular complexity index is 2180. The van der Waals surface area contributed by atoms with Crippen molar-refractivity contribution in [1.82, 2.24) is 9.55 Å². The molecule has 0 saturated carbocycles. The molecule has 0 atom stereocenters. The van der Waals surface area contributed by atoms with Gasteiger partial charge in [-0.2, -0.15) is 0 Å². The summed E-state index contributed by atoms with van der Waals surface area (Å²) in [5.74, 6) is 1.81. The van der Waals surface area contributed by atoms with Gasteiger partial charge in [-0.1, -0.05) is 74.5 Å². The molecule has 1 aliphatic carbocycles. The normalized spacial score (nSPS) is 14.3. The van der Waals surface area contributed by atoms with Crippen molar-refractivity contribution in [3.05, 3.63) is 121 Å². The lowest BCUT2D eigenvalue weighted by Crippen LogP contribution is -2.15. The Morgan fingerprint density at radius 1 is 0.641 bits per heavy atom. The van der Waals surface area contributed by atoms with E-state index in [2.05, 4.69) is 114 Å². The summed E-state index contributed by atoms with van der Waals surface area (Å²) in [5, 5.41) is 4.71. The predicted octanol–water partition coefficient (Wildman–Crippen LogP) is 9.41. The minimum absolute atomic E-state index is 0.0664. The fourth-order valence-electron chi connectivity index (χ4n) is 7.09. The number of aromatic nitrogens is 2. The topological polar surface area (TPSA) is 27.1 Å². The molecule has 3 nitrogen and oxygen atoms in total. The lowest BCUT2D eigenvalue weighted by atomic mass is 9.82. The Hall–Kier alpha value is -4.89. The molecule has 7 aromatic rings. The Morgan fingerprint density at radius 3 is 2.36 bits per heavy atom. The highest BCUT2D eigenvalue weighted by Crippen LogP contribution is 2.52. The van der Waals surface area contributed by atoms with Gasteiger partial charge in [0.05, 0.1) is 11.0 Å². The molecule has 5 aromatic carbocycles. The fraction of sp³-hybridized carbons (Fsp3) is 0.0833. The van der Waals surface area contributed by atoms with Crippen LogP contribution >= 0.6 is 0 Å². The van der Waals surface area contributed by atoms with Crippen LogP contribution in [0.5, 0.6) is 11.5 Å². The highest BCUT2D eigenvalue weighted by atomic mass is 16.5. The fourth-order valence-corrected chi connectivity index (χ4v) is 7.09. The van der Waals surface area contributed by atoms with E-state index in [4.69, 9.17) is 4.74 Å².